The van der Waals surface area contributed by atoms with E-state index in [1.54, 1.807) is 14.2 Å². The maximum absolute atomic E-state index is 10.8. The zero-order valence-electron chi connectivity index (χ0n) is 30.1. The van der Waals surface area contributed by atoms with Gasteiger partial charge in [0.25, 0.3) is 0 Å². The number of hydrogen-bond donors (Lipinski definition) is 4. The van der Waals surface area contributed by atoms with E-state index in [0.29, 0.717) is 17.8 Å². The highest BCUT2D eigenvalue weighted by Gasteiger charge is 2.78. The molecule has 2 aliphatic heterocycles. The van der Waals surface area contributed by atoms with Gasteiger partial charge in [0, 0.05) is 31.0 Å². The number of methoxy groups -OCH3 is 2. The van der Waals surface area contributed by atoms with Crippen molar-refractivity contribution >= 4 is 0 Å². The highest BCUT2D eigenvalue weighted by molar-refractivity contribution is 5.34. The van der Waals surface area contributed by atoms with Gasteiger partial charge in [-0.2, -0.15) is 0 Å². The molecule has 9 nitrogen and oxygen atoms in total. The molecule has 9 heteroatoms. The van der Waals surface area contributed by atoms with E-state index >= 15 is 0 Å². The molecule has 0 aromatic carbocycles. The Morgan fingerprint density at radius 2 is 1.68 bits per heavy atom. The second-order valence-electron chi connectivity index (χ2n) is 17.5. The molecule has 2 bridgehead atoms. The summed E-state index contributed by atoms with van der Waals surface area (Å²) in [6.07, 6.45) is 9.34. The van der Waals surface area contributed by atoms with E-state index in [9.17, 15) is 20.4 Å². The minimum Gasteiger partial charge on any atom is -0.394 e. The minimum atomic E-state index is -1.48. The second kappa shape index (κ2) is 12.1. The summed E-state index contributed by atoms with van der Waals surface area (Å²) in [6.45, 7) is 15.6. The molecule has 0 amide bonds. The summed E-state index contributed by atoms with van der Waals surface area (Å²) >= 11 is 0. The fraction of sp³-hybridized carbons (Fsp3) is 0.895. The molecular weight excluding hydrogens is 600 g/mol. The number of aliphatic hydroxyl groups is 4. The lowest BCUT2D eigenvalue weighted by Gasteiger charge is -2.65. The van der Waals surface area contributed by atoms with Crippen molar-refractivity contribution in [3.8, 4) is 0 Å². The van der Waals surface area contributed by atoms with Crippen LogP contribution in [0.25, 0.3) is 0 Å². The largest absolute Gasteiger partial charge is 0.394 e. The van der Waals surface area contributed by atoms with E-state index in [1.165, 1.54) is 12.8 Å². The standard InChI is InChI=1S/C38H62O9/c1-22(11-10-16-33(2,3)44-9)23-14-17-36(7)25-15-18-38-26(37(25,32(43-8)47-38)20-19-35(23,36)6)12-13-27(34(38,4)5)46-31-30(42)29(41)28(40)24(21-39)45-31/h10,15-16,18,22-32,39-42H,11-14,17,19-21H2,1-9H3/t22-,23-,24-,25+,26-,27+,28-,29-,30-,31+,32-,35-,36+,37+,38-/m1/s1. The first kappa shape index (κ1) is 35.9. The van der Waals surface area contributed by atoms with E-state index in [0.717, 1.165) is 32.1 Å². The SMILES string of the molecule is CO[C@@H]1O[C@]23C=C[C@@H]4[C@@]1(CC[C@]1(C)[C@@H]([C@H](C)CC=CC(C)(C)OC)CC[C@@]41C)[C@H]2CC[C@H](O[C@@H]1O[C@H](CO)[C@@H](O)[C@@H](O)[C@H]1O)C3(C)C. The van der Waals surface area contributed by atoms with Crippen LogP contribution in [0.5, 0.6) is 0 Å². The van der Waals surface area contributed by atoms with Gasteiger partial charge in [-0.05, 0) is 87.4 Å². The Labute approximate surface area is 282 Å². The van der Waals surface area contributed by atoms with Gasteiger partial charge in [-0.1, -0.05) is 58.9 Å². The van der Waals surface area contributed by atoms with Gasteiger partial charge in [-0.25, -0.2) is 0 Å². The van der Waals surface area contributed by atoms with E-state index in [4.69, 9.17) is 23.7 Å². The van der Waals surface area contributed by atoms with Crippen LogP contribution in [0, 0.1) is 45.3 Å². The first-order chi connectivity index (χ1) is 22.0. The summed E-state index contributed by atoms with van der Waals surface area (Å²) in [5.41, 5.74) is -1.31. The average molecular weight is 663 g/mol. The third-order valence-electron chi connectivity index (χ3n) is 15.0. The van der Waals surface area contributed by atoms with Crippen molar-refractivity contribution in [2.45, 2.75) is 148 Å². The molecule has 3 saturated carbocycles. The third-order valence-corrected chi connectivity index (χ3v) is 15.0. The molecular formula is C38H62O9. The Hall–Kier alpha value is -0.880. The van der Waals surface area contributed by atoms with Crippen molar-refractivity contribution in [1.82, 2.24) is 0 Å². The summed E-state index contributed by atoms with van der Waals surface area (Å²) in [5, 5.41) is 41.3. The van der Waals surface area contributed by atoms with Crippen LogP contribution in [0.3, 0.4) is 0 Å². The molecule has 0 aromatic heterocycles. The summed E-state index contributed by atoms with van der Waals surface area (Å²) in [5.74, 6) is 1.75. The molecule has 6 aliphatic rings. The predicted molar refractivity (Wildman–Crippen MR) is 177 cm³/mol. The minimum absolute atomic E-state index is 0.0979. The van der Waals surface area contributed by atoms with Crippen molar-refractivity contribution in [2.75, 3.05) is 20.8 Å². The van der Waals surface area contributed by atoms with Crippen molar-refractivity contribution in [2.24, 2.45) is 45.3 Å². The molecule has 5 fully saturated rings. The first-order valence-corrected chi connectivity index (χ1v) is 18.1. The van der Waals surface area contributed by atoms with Crippen LogP contribution in [-0.2, 0) is 23.7 Å². The average Bonchev–Trinajstić information content (AvgIpc) is 3.41. The molecule has 0 aromatic rings. The summed E-state index contributed by atoms with van der Waals surface area (Å²) < 4.78 is 31.4. The van der Waals surface area contributed by atoms with Crippen LogP contribution in [0.15, 0.2) is 24.3 Å². The van der Waals surface area contributed by atoms with Gasteiger partial charge >= 0.3 is 0 Å². The van der Waals surface area contributed by atoms with Crippen LogP contribution in [-0.4, -0.2) is 95.6 Å². The highest BCUT2D eigenvalue weighted by Crippen LogP contribution is 2.79. The van der Waals surface area contributed by atoms with Crippen LogP contribution in [0.2, 0.25) is 0 Å². The molecule has 2 saturated heterocycles. The summed E-state index contributed by atoms with van der Waals surface area (Å²) in [6, 6.07) is 0. The fourth-order valence-corrected chi connectivity index (χ4v) is 11.9. The van der Waals surface area contributed by atoms with E-state index in [-0.39, 0.29) is 40.2 Å². The van der Waals surface area contributed by atoms with E-state index in [1.807, 2.05) is 0 Å². The molecule has 1 spiro atoms. The number of fused-ring (bicyclic) bond motifs is 2. The normalized spacial score (nSPS) is 51.1. The van der Waals surface area contributed by atoms with Crippen LogP contribution >= 0.6 is 0 Å². The molecule has 15 atom stereocenters. The maximum Gasteiger partial charge on any atom is 0.186 e. The Morgan fingerprint density at radius 3 is 2.34 bits per heavy atom. The Morgan fingerprint density at radius 1 is 0.957 bits per heavy atom. The Balaban J connectivity index is 1.29. The summed E-state index contributed by atoms with van der Waals surface area (Å²) in [7, 11) is 3.56. The summed E-state index contributed by atoms with van der Waals surface area (Å²) in [4.78, 5) is 0. The van der Waals surface area contributed by atoms with Crippen LogP contribution < -0.4 is 0 Å². The number of hydrogen-bond acceptors (Lipinski definition) is 9. The maximum atomic E-state index is 10.8. The van der Waals surface area contributed by atoms with E-state index < -0.39 is 48.3 Å². The van der Waals surface area contributed by atoms with Crippen LogP contribution in [0.1, 0.15) is 93.4 Å². The van der Waals surface area contributed by atoms with Gasteiger partial charge < -0.3 is 44.1 Å². The molecule has 2 heterocycles. The van der Waals surface area contributed by atoms with Crippen molar-refractivity contribution in [3.63, 3.8) is 0 Å². The third kappa shape index (κ3) is 4.95. The van der Waals surface area contributed by atoms with Gasteiger partial charge in [0.1, 0.15) is 30.0 Å². The smallest absolute Gasteiger partial charge is 0.186 e. The van der Waals surface area contributed by atoms with Gasteiger partial charge in [-0.3, -0.25) is 0 Å². The number of rotatable bonds is 9. The van der Waals surface area contributed by atoms with Gasteiger partial charge in [0.05, 0.1) is 18.3 Å². The molecule has 268 valence electrons. The monoisotopic (exact) mass is 662 g/mol. The lowest BCUT2D eigenvalue weighted by Crippen LogP contribution is -2.66. The molecule has 0 unspecified atom stereocenters. The molecule has 6 rings (SSSR count). The quantitative estimate of drug-likeness (QED) is 0.259. The molecule has 4 aliphatic carbocycles. The van der Waals surface area contributed by atoms with Crippen LogP contribution in [0.4, 0.5) is 0 Å². The Bertz CT molecular complexity index is 1220. The van der Waals surface area contributed by atoms with E-state index in [2.05, 4.69) is 72.8 Å². The first-order valence-electron chi connectivity index (χ1n) is 18.1. The zero-order valence-corrected chi connectivity index (χ0v) is 30.1. The fourth-order valence-electron chi connectivity index (χ4n) is 11.9. The highest BCUT2D eigenvalue weighted by atomic mass is 16.7. The van der Waals surface area contributed by atoms with Crippen molar-refractivity contribution in [3.05, 3.63) is 24.3 Å². The van der Waals surface area contributed by atoms with Gasteiger partial charge in [-0.15, -0.1) is 0 Å². The molecule has 4 N–H and O–H groups in total. The van der Waals surface area contributed by atoms with Gasteiger partial charge in [0.2, 0.25) is 0 Å². The topological polar surface area (TPSA) is 127 Å². The second-order valence-corrected chi connectivity index (χ2v) is 17.5. The van der Waals surface area contributed by atoms with Gasteiger partial charge in [0.15, 0.2) is 12.6 Å². The Kier molecular flexibility index (Phi) is 9.27. The molecule has 47 heavy (non-hydrogen) atoms. The number of aliphatic hydroxyl groups excluding tert-OH is 4. The van der Waals surface area contributed by atoms with Crippen molar-refractivity contribution in [1.29, 1.82) is 0 Å². The van der Waals surface area contributed by atoms with Crippen molar-refractivity contribution < 1.29 is 44.1 Å². The lowest BCUT2D eigenvalue weighted by molar-refractivity contribution is -0.331. The lowest BCUT2D eigenvalue weighted by atomic mass is 9.38. The number of ether oxygens (including phenoxy) is 5. The zero-order chi connectivity index (χ0) is 34.4. The predicted octanol–water partition coefficient (Wildman–Crippen LogP) is 4.75. The number of allylic oxidation sites excluding steroid dienone is 2. The molecule has 0 radical (unpaired) electrons.